The number of carbonyl (C=O) groups excluding carboxylic acids is 2. The van der Waals surface area contributed by atoms with E-state index in [9.17, 15) is 19.1 Å². The molecule has 3 aromatic rings. The zero-order valence-corrected chi connectivity index (χ0v) is 15.9. The fraction of sp³-hybridized carbons (Fsp3) is 0.0476. The van der Waals surface area contributed by atoms with Crippen molar-refractivity contribution in [3.8, 4) is 0 Å². The molecule has 0 aliphatic carbocycles. The van der Waals surface area contributed by atoms with Crippen LogP contribution < -0.4 is 4.90 Å². The minimum absolute atomic E-state index is 0.0333. The number of aliphatic hydroxyl groups excluding tert-OH is 1. The fourth-order valence-corrected chi connectivity index (χ4v) is 4.13. The van der Waals surface area contributed by atoms with Crippen molar-refractivity contribution in [3.63, 3.8) is 0 Å². The molecule has 0 bridgehead atoms. The second-order valence-corrected chi connectivity index (χ2v) is 7.58. The zero-order valence-electron chi connectivity index (χ0n) is 14.3. The molecule has 0 saturated carbocycles. The molecule has 28 heavy (non-hydrogen) atoms. The Kier molecular flexibility index (Phi) is 4.75. The summed E-state index contributed by atoms with van der Waals surface area (Å²) >= 11 is 7.31. The molecule has 4 rings (SSSR count). The first kappa shape index (κ1) is 18.4. The van der Waals surface area contributed by atoms with E-state index in [2.05, 4.69) is 0 Å². The van der Waals surface area contributed by atoms with Crippen LogP contribution in [0.5, 0.6) is 0 Å². The number of benzene rings is 2. The van der Waals surface area contributed by atoms with Gasteiger partial charge in [-0.25, -0.2) is 4.39 Å². The molecule has 1 aromatic heterocycles. The lowest BCUT2D eigenvalue weighted by molar-refractivity contribution is -0.132. The molecule has 1 unspecified atom stereocenters. The van der Waals surface area contributed by atoms with Gasteiger partial charge in [-0.05, 0) is 60.0 Å². The Morgan fingerprint density at radius 3 is 2.32 bits per heavy atom. The maximum Gasteiger partial charge on any atom is 0.300 e. The topological polar surface area (TPSA) is 57.6 Å². The number of halogens is 2. The Labute approximate surface area is 169 Å². The predicted octanol–water partition coefficient (Wildman–Crippen LogP) is 5.17. The molecule has 1 aliphatic rings. The lowest BCUT2D eigenvalue weighted by Gasteiger charge is -2.24. The molecular weight excluding hydrogens is 401 g/mol. The van der Waals surface area contributed by atoms with Gasteiger partial charge in [0, 0.05) is 21.2 Å². The third-order valence-electron chi connectivity index (χ3n) is 4.48. The van der Waals surface area contributed by atoms with E-state index in [4.69, 9.17) is 11.6 Å². The molecule has 1 N–H and O–H groups in total. The van der Waals surface area contributed by atoms with Gasteiger partial charge in [-0.2, -0.15) is 0 Å². The summed E-state index contributed by atoms with van der Waals surface area (Å²) in [4.78, 5) is 27.7. The van der Waals surface area contributed by atoms with E-state index in [1.807, 2.05) is 5.38 Å². The lowest BCUT2D eigenvalue weighted by Crippen LogP contribution is -2.29. The molecule has 4 nitrogen and oxygen atoms in total. The second-order valence-electron chi connectivity index (χ2n) is 6.17. The first-order chi connectivity index (χ1) is 13.5. The number of carbonyl (C=O) groups is 2. The van der Waals surface area contributed by atoms with Crippen molar-refractivity contribution in [3.05, 3.63) is 92.9 Å². The van der Waals surface area contributed by atoms with Gasteiger partial charge >= 0.3 is 0 Å². The maximum absolute atomic E-state index is 13.2. The Morgan fingerprint density at radius 2 is 1.71 bits per heavy atom. The number of amides is 1. The van der Waals surface area contributed by atoms with Gasteiger partial charge in [0.25, 0.3) is 11.7 Å². The van der Waals surface area contributed by atoms with E-state index in [1.165, 1.54) is 40.5 Å². The van der Waals surface area contributed by atoms with Gasteiger partial charge in [0.15, 0.2) is 0 Å². The number of ketones is 1. The Morgan fingerprint density at radius 1 is 1.04 bits per heavy atom. The van der Waals surface area contributed by atoms with Crippen molar-refractivity contribution in [2.24, 2.45) is 0 Å². The first-order valence-electron chi connectivity index (χ1n) is 8.33. The summed E-state index contributed by atoms with van der Waals surface area (Å²) in [6.45, 7) is 0. The molecule has 1 atom stereocenters. The Hall–Kier alpha value is -2.96. The molecule has 1 saturated heterocycles. The highest BCUT2D eigenvalue weighted by atomic mass is 35.5. The number of hydrogen-bond acceptors (Lipinski definition) is 4. The van der Waals surface area contributed by atoms with E-state index in [1.54, 1.807) is 36.4 Å². The summed E-state index contributed by atoms with van der Waals surface area (Å²) < 4.78 is 13.2. The Bertz CT molecular complexity index is 1080. The van der Waals surface area contributed by atoms with Gasteiger partial charge in [0.1, 0.15) is 17.6 Å². The van der Waals surface area contributed by atoms with Gasteiger partial charge < -0.3 is 5.11 Å². The molecular formula is C21H13ClFNO3S. The van der Waals surface area contributed by atoms with Crippen LogP contribution >= 0.6 is 22.9 Å². The fourth-order valence-electron chi connectivity index (χ4n) is 3.18. The van der Waals surface area contributed by atoms with Gasteiger partial charge in [-0.3, -0.25) is 14.5 Å². The molecule has 2 aromatic carbocycles. The SMILES string of the molecule is O=C1C(=O)N(c2ccc(Cl)cc2)C(c2cccs2)/C1=C(/O)c1ccc(F)cc1. The summed E-state index contributed by atoms with van der Waals surface area (Å²) in [5.74, 6) is -2.35. The third-order valence-corrected chi connectivity index (χ3v) is 5.66. The smallest absolute Gasteiger partial charge is 0.300 e. The zero-order chi connectivity index (χ0) is 19.8. The summed E-state index contributed by atoms with van der Waals surface area (Å²) in [6.07, 6.45) is 0. The molecule has 0 spiro atoms. The van der Waals surface area contributed by atoms with Crippen LogP contribution in [-0.2, 0) is 9.59 Å². The van der Waals surface area contributed by atoms with E-state index in [0.717, 1.165) is 4.88 Å². The average Bonchev–Trinajstić information content (AvgIpc) is 3.30. The van der Waals surface area contributed by atoms with Gasteiger partial charge in [-0.15, -0.1) is 11.3 Å². The number of thiophene rings is 1. The van der Waals surface area contributed by atoms with Crippen molar-refractivity contribution in [2.45, 2.75) is 6.04 Å². The van der Waals surface area contributed by atoms with E-state index >= 15 is 0 Å². The molecule has 1 aliphatic heterocycles. The maximum atomic E-state index is 13.2. The molecule has 1 fully saturated rings. The van der Waals surface area contributed by atoms with Crippen molar-refractivity contribution in [2.75, 3.05) is 4.90 Å². The summed E-state index contributed by atoms with van der Waals surface area (Å²) in [5.41, 5.74) is 0.717. The number of hydrogen-bond donors (Lipinski definition) is 1. The third kappa shape index (κ3) is 3.10. The number of nitrogens with zero attached hydrogens (tertiary/aromatic N) is 1. The van der Waals surface area contributed by atoms with Crippen molar-refractivity contribution < 1.29 is 19.1 Å². The van der Waals surface area contributed by atoms with Gasteiger partial charge in [-0.1, -0.05) is 17.7 Å². The van der Waals surface area contributed by atoms with Crippen molar-refractivity contribution in [1.82, 2.24) is 0 Å². The van der Waals surface area contributed by atoms with E-state index in [-0.39, 0.29) is 16.9 Å². The van der Waals surface area contributed by atoms with E-state index in [0.29, 0.717) is 10.7 Å². The van der Waals surface area contributed by atoms with Gasteiger partial charge in [0.2, 0.25) is 0 Å². The number of rotatable bonds is 3. The minimum atomic E-state index is -0.796. The quantitative estimate of drug-likeness (QED) is 0.366. The van der Waals surface area contributed by atoms with Crippen LogP contribution in [0.1, 0.15) is 16.5 Å². The number of aliphatic hydroxyl groups is 1. The van der Waals surface area contributed by atoms with Crippen LogP contribution in [0.2, 0.25) is 5.02 Å². The largest absolute Gasteiger partial charge is 0.507 e. The lowest BCUT2D eigenvalue weighted by atomic mass is 9.99. The second kappa shape index (κ2) is 7.22. The van der Waals surface area contributed by atoms with Crippen molar-refractivity contribution >= 4 is 46.1 Å². The minimum Gasteiger partial charge on any atom is -0.507 e. The average molecular weight is 414 g/mol. The highest BCUT2D eigenvalue weighted by Crippen LogP contribution is 2.43. The van der Waals surface area contributed by atoms with E-state index < -0.39 is 23.5 Å². The molecule has 1 amide bonds. The van der Waals surface area contributed by atoms with Crippen LogP contribution in [0.15, 0.2) is 71.6 Å². The summed E-state index contributed by atoms with van der Waals surface area (Å²) in [7, 11) is 0. The van der Waals surface area contributed by atoms with Crippen LogP contribution in [-0.4, -0.2) is 16.8 Å². The monoisotopic (exact) mass is 413 g/mol. The van der Waals surface area contributed by atoms with Crippen LogP contribution in [0.4, 0.5) is 10.1 Å². The van der Waals surface area contributed by atoms with Crippen LogP contribution in [0.25, 0.3) is 5.76 Å². The molecule has 7 heteroatoms. The van der Waals surface area contributed by atoms with Crippen LogP contribution in [0, 0.1) is 5.82 Å². The molecule has 2 heterocycles. The normalized spacial score (nSPS) is 18.6. The highest BCUT2D eigenvalue weighted by molar-refractivity contribution is 7.10. The molecule has 0 radical (unpaired) electrons. The Balaban J connectivity index is 1.91. The number of Topliss-reactive ketones (excluding diaryl/α,β-unsaturated/α-hetero) is 1. The number of anilines is 1. The predicted molar refractivity (Wildman–Crippen MR) is 107 cm³/mol. The first-order valence-corrected chi connectivity index (χ1v) is 9.59. The standard InChI is InChI=1S/C21H13ClFNO3S/c22-13-5-9-15(10-6-13)24-18(16-2-1-11-28-16)17(20(26)21(24)27)19(25)12-3-7-14(23)8-4-12/h1-11,18,25H/b19-17-. The summed E-state index contributed by atoms with van der Waals surface area (Å²) in [6, 6.07) is 14.5. The molecule has 140 valence electrons. The van der Waals surface area contributed by atoms with Crippen molar-refractivity contribution in [1.29, 1.82) is 0 Å². The highest BCUT2D eigenvalue weighted by Gasteiger charge is 2.47. The summed E-state index contributed by atoms with van der Waals surface area (Å²) in [5, 5.41) is 13.1. The van der Waals surface area contributed by atoms with Gasteiger partial charge in [0.05, 0.1) is 5.57 Å². The van der Waals surface area contributed by atoms with Crippen LogP contribution in [0.3, 0.4) is 0 Å².